The van der Waals surface area contributed by atoms with E-state index < -0.39 is 0 Å². The fourth-order valence-electron chi connectivity index (χ4n) is 1.85. The third kappa shape index (κ3) is 3.09. The zero-order valence-electron chi connectivity index (χ0n) is 10.1. The van der Waals surface area contributed by atoms with Gasteiger partial charge in [-0.15, -0.1) is 0 Å². The number of ether oxygens (including phenoxy) is 1. The summed E-state index contributed by atoms with van der Waals surface area (Å²) in [5, 5.41) is 9.94. The van der Waals surface area contributed by atoms with E-state index in [1.54, 1.807) is 0 Å². The van der Waals surface area contributed by atoms with Crippen molar-refractivity contribution in [3.8, 4) is 0 Å². The number of aromatic nitrogens is 1. The highest BCUT2D eigenvalue weighted by atomic mass is 16.5. The van der Waals surface area contributed by atoms with Gasteiger partial charge in [-0.05, 0) is 44.2 Å². The molecule has 0 amide bonds. The van der Waals surface area contributed by atoms with Gasteiger partial charge >= 0.3 is 0 Å². The summed E-state index contributed by atoms with van der Waals surface area (Å²) in [4.78, 5) is 0. The third-order valence-corrected chi connectivity index (χ3v) is 2.98. The Bertz CT molecular complexity index is 328. The van der Waals surface area contributed by atoms with Crippen LogP contribution >= 0.6 is 0 Å². The van der Waals surface area contributed by atoms with Crippen LogP contribution in [0.2, 0.25) is 0 Å². The standard InChI is InChI=1S/C13H21NO2/c1-10(2)16-8-7-14-6-5-12(9-14)13(15)11-3-4-11/h5-6,9-11,13,15H,3-4,7-8H2,1-2H3. The lowest BCUT2D eigenvalue weighted by atomic mass is 10.1. The van der Waals surface area contributed by atoms with Gasteiger partial charge in [-0.25, -0.2) is 0 Å². The molecule has 16 heavy (non-hydrogen) atoms. The summed E-state index contributed by atoms with van der Waals surface area (Å²) in [7, 11) is 0. The highest BCUT2D eigenvalue weighted by Crippen LogP contribution is 2.40. The fraction of sp³-hybridized carbons (Fsp3) is 0.692. The largest absolute Gasteiger partial charge is 0.388 e. The molecule has 1 atom stereocenters. The topological polar surface area (TPSA) is 34.4 Å². The highest BCUT2D eigenvalue weighted by Gasteiger charge is 2.31. The molecular formula is C13H21NO2. The minimum Gasteiger partial charge on any atom is -0.388 e. The molecule has 2 rings (SSSR count). The maximum atomic E-state index is 9.94. The van der Waals surface area contributed by atoms with Crippen LogP contribution in [-0.4, -0.2) is 22.4 Å². The molecule has 1 aromatic heterocycles. The van der Waals surface area contributed by atoms with Crippen molar-refractivity contribution in [3.63, 3.8) is 0 Å². The van der Waals surface area contributed by atoms with Crippen molar-refractivity contribution < 1.29 is 9.84 Å². The van der Waals surface area contributed by atoms with Gasteiger partial charge in [0.05, 0.1) is 18.8 Å². The molecule has 1 unspecified atom stereocenters. The van der Waals surface area contributed by atoms with Crippen LogP contribution in [0.25, 0.3) is 0 Å². The molecule has 1 heterocycles. The SMILES string of the molecule is CC(C)OCCn1ccc(C(O)C2CC2)c1. The molecule has 0 saturated heterocycles. The average molecular weight is 223 g/mol. The van der Waals surface area contributed by atoms with Gasteiger partial charge in [0.15, 0.2) is 0 Å². The number of aliphatic hydroxyl groups is 1. The number of nitrogens with zero attached hydrogens (tertiary/aromatic N) is 1. The number of aliphatic hydroxyl groups excluding tert-OH is 1. The second kappa shape index (κ2) is 5.02. The van der Waals surface area contributed by atoms with Crippen molar-refractivity contribution in [2.24, 2.45) is 5.92 Å². The van der Waals surface area contributed by atoms with Crippen LogP contribution < -0.4 is 0 Å². The molecule has 90 valence electrons. The Balaban J connectivity index is 1.82. The molecule has 0 aromatic carbocycles. The predicted octanol–water partition coefficient (Wildman–Crippen LogP) is 2.36. The molecule has 1 aliphatic rings. The first-order valence-corrected chi connectivity index (χ1v) is 6.12. The van der Waals surface area contributed by atoms with Crippen molar-refractivity contribution in [2.75, 3.05) is 6.61 Å². The maximum absolute atomic E-state index is 9.94. The zero-order valence-corrected chi connectivity index (χ0v) is 10.1. The van der Waals surface area contributed by atoms with Crippen LogP contribution in [0.15, 0.2) is 18.5 Å². The van der Waals surface area contributed by atoms with Crippen LogP contribution in [0.1, 0.15) is 38.4 Å². The molecule has 3 nitrogen and oxygen atoms in total. The molecule has 1 fully saturated rings. The Labute approximate surface area is 97.0 Å². The van der Waals surface area contributed by atoms with Gasteiger partial charge in [-0.2, -0.15) is 0 Å². The smallest absolute Gasteiger partial charge is 0.0832 e. The summed E-state index contributed by atoms with van der Waals surface area (Å²) in [6, 6.07) is 2.01. The van der Waals surface area contributed by atoms with Crippen molar-refractivity contribution in [1.82, 2.24) is 4.57 Å². The molecule has 1 saturated carbocycles. The molecule has 1 aliphatic carbocycles. The normalized spacial score (nSPS) is 18.0. The molecule has 0 bridgehead atoms. The van der Waals surface area contributed by atoms with Gasteiger partial charge in [-0.3, -0.25) is 0 Å². The van der Waals surface area contributed by atoms with Crippen molar-refractivity contribution in [2.45, 2.75) is 45.4 Å². The van der Waals surface area contributed by atoms with Crippen LogP contribution in [0.3, 0.4) is 0 Å². The summed E-state index contributed by atoms with van der Waals surface area (Å²) in [5.41, 5.74) is 1.05. The van der Waals surface area contributed by atoms with E-state index in [-0.39, 0.29) is 12.2 Å². The monoisotopic (exact) mass is 223 g/mol. The average Bonchev–Trinajstić information content (AvgIpc) is 2.97. The molecule has 1 aromatic rings. The van der Waals surface area contributed by atoms with Gasteiger partial charge in [0.25, 0.3) is 0 Å². The summed E-state index contributed by atoms with van der Waals surface area (Å²) >= 11 is 0. The van der Waals surface area contributed by atoms with Crippen molar-refractivity contribution in [1.29, 1.82) is 0 Å². The van der Waals surface area contributed by atoms with E-state index in [1.807, 2.05) is 32.3 Å². The number of hydrogen-bond donors (Lipinski definition) is 1. The van der Waals surface area contributed by atoms with Crippen LogP contribution in [0.4, 0.5) is 0 Å². The first-order valence-electron chi connectivity index (χ1n) is 6.12. The Kier molecular flexibility index (Phi) is 3.66. The number of rotatable bonds is 6. The summed E-state index contributed by atoms with van der Waals surface area (Å²) in [6.07, 6.45) is 6.42. The summed E-state index contributed by atoms with van der Waals surface area (Å²) in [5.74, 6) is 0.503. The minimum atomic E-state index is -0.257. The van der Waals surface area contributed by atoms with E-state index in [2.05, 4.69) is 4.57 Å². The van der Waals surface area contributed by atoms with E-state index in [1.165, 1.54) is 12.8 Å². The second-order valence-corrected chi connectivity index (χ2v) is 4.88. The Hall–Kier alpha value is -0.800. The van der Waals surface area contributed by atoms with Crippen LogP contribution in [0, 0.1) is 5.92 Å². The van der Waals surface area contributed by atoms with Gasteiger partial charge < -0.3 is 14.4 Å². The van der Waals surface area contributed by atoms with E-state index in [9.17, 15) is 5.11 Å². The highest BCUT2D eigenvalue weighted by molar-refractivity contribution is 5.16. The lowest BCUT2D eigenvalue weighted by Crippen LogP contribution is -2.09. The Morgan fingerprint density at radius 1 is 1.50 bits per heavy atom. The van der Waals surface area contributed by atoms with Crippen LogP contribution in [-0.2, 0) is 11.3 Å². The van der Waals surface area contributed by atoms with Crippen molar-refractivity contribution in [3.05, 3.63) is 24.0 Å². The van der Waals surface area contributed by atoms with E-state index in [0.29, 0.717) is 5.92 Å². The first-order chi connectivity index (χ1) is 7.66. The summed E-state index contributed by atoms with van der Waals surface area (Å²) in [6.45, 7) is 5.66. The Morgan fingerprint density at radius 2 is 2.25 bits per heavy atom. The first kappa shape index (κ1) is 11.7. The molecule has 0 radical (unpaired) electrons. The minimum absolute atomic E-state index is 0.257. The Morgan fingerprint density at radius 3 is 2.88 bits per heavy atom. The molecule has 0 aliphatic heterocycles. The van der Waals surface area contributed by atoms with E-state index in [4.69, 9.17) is 4.74 Å². The van der Waals surface area contributed by atoms with E-state index in [0.717, 1.165) is 18.7 Å². The lowest BCUT2D eigenvalue weighted by molar-refractivity contribution is 0.0727. The van der Waals surface area contributed by atoms with E-state index >= 15 is 0 Å². The quantitative estimate of drug-likeness (QED) is 0.803. The molecule has 0 spiro atoms. The predicted molar refractivity (Wildman–Crippen MR) is 63.2 cm³/mol. The van der Waals surface area contributed by atoms with Gasteiger partial charge in [-0.1, -0.05) is 0 Å². The van der Waals surface area contributed by atoms with Gasteiger partial charge in [0, 0.05) is 18.9 Å². The molecule has 1 N–H and O–H groups in total. The third-order valence-electron chi connectivity index (χ3n) is 2.98. The molecule has 3 heteroatoms. The molecular weight excluding hydrogens is 202 g/mol. The fourth-order valence-corrected chi connectivity index (χ4v) is 1.85. The van der Waals surface area contributed by atoms with Gasteiger partial charge in [0.2, 0.25) is 0 Å². The lowest BCUT2D eigenvalue weighted by Gasteiger charge is -2.08. The van der Waals surface area contributed by atoms with Gasteiger partial charge in [0.1, 0.15) is 0 Å². The van der Waals surface area contributed by atoms with Crippen molar-refractivity contribution >= 4 is 0 Å². The zero-order chi connectivity index (χ0) is 11.5. The maximum Gasteiger partial charge on any atom is 0.0832 e. The second-order valence-electron chi connectivity index (χ2n) is 4.88. The summed E-state index contributed by atoms with van der Waals surface area (Å²) < 4.78 is 7.58. The van der Waals surface area contributed by atoms with Crippen LogP contribution in [0.5, 0.6) is 0 Å². The number of hydrogen-bond acceptors (Lipinski definition) is 2.